The van der Waals surface area contributed by atoms with Crippen molar-refractivity contribution in [1.82, 2.24) is 10.2 Å². The molecule has 166 valence electrons. The van der Waals surface area contributed by atoms with E-state index in [0.717, 1.165) is 5.56 Å². The van der Waals surface area contributed by atoms with E-state index in [2.05, 4.69) is 5.32 Å². The molecule has 0 spiro atoms. The maximum atomic E-state index is 13.0. The topological polar surface area (TPSA) is 98.1 Å². The van der Waals surface area contributed by atoms with Crippen LogP contribution in [0.15, 0.2) is 47.1 Å². The summed E-state index contributed by atoms with van der Waals surface area (Å²) >= 11 is 0. The van der Waals surface area contributed by atoms with E-state index < -0.39 is 6.04 Å². The lowest BCUT2D eigenvalue weighted by atomic mass is 9.94. The molecular weight excluding hydrogens is 400 g/mol. The van der Waals surface area contributed by atoms with Crippen LogP contribution >= 0.6 is 0 Å². The zero-order valence-electron chi connectivity index (χ0n) is 17.8. The van der Waals surface area contributed by atoms with Crippen molar-refractivity contribution < 1.29 is 28.3 Å². The number of methoxy groups -OCH3 is 1. The smallest absolute Gasteiger partial charge is 0.308 e. The summed E-state index contributed by atoms with van der Waals surface area (Å²) in [7, 11) is 1.57. The monoisotopic (exact) mass is 428 g/mol. The van der Waals surface area contributed by atoms with Crippen LogP contribution in [0.2, 0.25) is 0 Å². The summed E-state index contributed by atoms with van der Waals surface area (Å²) in [5.74, 6) is 0.0221. The molecule has 1 aliphatic heterocycles. The highest BCUT2D eigenvalue weighted by Crippen LogP contribution is 2.25. The molecule has 0 aliphatic carbocycles. The fraction of sp³-hybridized carbons (Fsp3) is 0.435. The van der Waals surface area contributed by atoms with Crippen molar-refractivity contribution in [2.45, 2.75) is 32.2 Å². The molecule has 8 nitrogen and oxygen atoms in total. The van der Waals surface area contributed by atoms with E-state index >= 15 is 0 Å². The molecule has 1 atom stereocenters. The van der Waals surface area contributed by atoms with Crippen molar-refractivity contribution in [1.29, 1.82) is 0 Å². The third-order valence-electron chi connectivity index (χ3n) is 5.37. The Balaban J connectivity index is 1.63. The van der Waals surface area contributed by atoms with Crippen LogP contribution in [0.3, 0.4) is 0 Å². The zero-order valence-corrected chi connectivity index (χ0v) is 17.8. The first kappa shape index (κ1) is 22.4. The molecule has 1 unspecified atom stereocenters. The van der Waals surface area contributed by atoms with Crippen molar-refractivity contribution in [2.24, 2.45) is 5.92 Å². The third-order valence-corrected chi connectivity index (χ3v) is 5.37. The van der Waals surface area contributed by atoms with Gasteiger partial charge in [-0.1, -0.05) is 12.1 Å². The van der Waals surface area contributed by atoms with E-state index in [4.69, 9.17) is 13.9 Å². The zero-order chi connectivity index (χ0) is 22.2. The fourth-order valence-corrected chi connectivity index (χ4v) is 3.69. The number of amides is 2. The number of nitrogens with zero attached hydrogens (tertiary/aromatic N) is 1. The van der Waals surface area contributed by atoms with Crippen molar-refractivity contribution in [3.8, 4) is 5.75 Å². The van der Waals surface area contributed by atoms with Gasteiger partial charge in [0.05, 0.1) is 32.4 Å². The van der Waals surface area contributed by atoms with Crippen LogP contribution in [0.4, 0.5) is 0 Å². The number of carbonyl (C=O) groups excluding carboxylic acids is 3. The SMILES string of the molecule is CCOC(=O)CC(NC(=O)C1CCN(C(=O)c2ccco2)CC1)c1cccc(OC)c1. The van der Waals surface area contributed by atoms with E-state index in [9.17, 15) is 14.4 Å². The number of piperidine rings is 1. The Hall–Kier alpha value is -3.29. The van der Waals surface area contributed by atoms with E-state index in [1.807, 2.05) is 12.1 Å². The van der Waals surface area contributed by atoms with Crippen LogP contribution in [0.1, 0.15) is 48.3 Å². The summed E-state index contributed by atoms with van der Waals surface area (Å²) in [6.07, 6.45) is 2.59. The Morgan fingerprint density at radius 3 is 2.61 bits per heavy atom. The first-order chi connectivity index (χ1) is 15.0. The Morgan fingerprint density at radius 1 is 1.19 bits per heavy atom. The number of benzene rings is 1. The fourth-order valence-electron chi connectivity index (χ4n) is 3.69. The lowest BCUT2D eigenvalue weighted by molar-refractivity contribution is -0.144. The maximum absolute atomic E-state index is 13.0. The molecule has 0 bridgehead atoms. The van der Waals surface area contributed by atoms with Gasteiger partial charge >= 0.3 is 5.97 Å². The number of rotatable bonds is 8. The number of furan rings is 1. The lowest BCUT2D eigenvalue weighted by Crippen LogP contribution is -2.44. The van der Waals surface area contributed by atoms with Crippen molar-refractivity contribution in [3.63, 3.8) is 0 Å². The second kappa shape index (κ2) is 10.7. The molecule has 0 saturated carbocycles. The molecule has 0 radical (unpaired) electrons. The summed E-state index contributed by atoms with van der Waals surface area (Å²) in [6, 6.07) is 10.1. The third kappa shape index (κ3) is 5.87. The standard InChI is InChI=1S/C23H28N2O6/c1-3-30-21(26)15-19(17-6-4-7-18(14-17)29-2)24-22(27)16-9-11-25(12-10-16)23(28)20-8-5-13-31-20/h4-8,13-14,16,19H,3,9-12,15H2,1-2H3,(H,24,27). The number of hydrogen-bond acceptors (Lipinski definition) is 6. The molecule has 1 aliphatic rings. The molecule has 1 fully saturated rings. The average Bonchev–Trinajstić information content (AvgIpc) is 3.33. The molecular formula is C23H28N2O6. The minimum absolute atomic E-state index is 0.0303. The molecule has 2 amide bonds. The van der Waals surface area contributed by atoms with Gasteiger partial charge in [0, 0.05) is 19.0 Å². The molecule has 1 saturated heterocycles. The van der Waals surface area contributed by atoms with Gasteiger partial charge in [-0.3, -0.25) is 14.4 Å². The van der Waals surface area contributed by atoms with Gasteiger partial charge in [-0.15, -0.1) is 0 Å². The largest absolute Gasteiger partial charge is 0.497 e. The number of hydrogen-bond donors (Lipinski definition) is 1. The number of esters is 1. The molecule has 31 heavy (non-hydrogen) atoms. The summed E-state index contributed by atoms with van der Waals surface area (Å²) in [5.41, 5.74) is 0.770. The highest BCUT2D eigenvalue weighted by molar-refractivity contribution is 5.91. The molecule has 8 heteroatoms. The molecule has 3 rings (SSSR count). The molecule has 1 aromatic heterocycles. The van der Waals surface area contributed by atoms with E-state index in [-0.39, 0.29) is 36.7 Å². The first-order valence-electron chi connectivity index (χ1n) is 10.4. The van der Waals surface area contributed by atoms with Gasteiger partial charge in [-0.2, -0.15) is 0 Å². The maximum Gasteiger partial charge on any atom is 0.308 e. The minimum atomic E-state index is -0.524. The van der Waals surface area contributed by atoms with Gasteiger partial charge in [-0.25, -0.2) is 0 Å². The van der Waals surface area contributed by atoms with Crippen LogP contribution in [-0.4, -0.2) is 49.5 Å². The second-order valence-corrected chi connectivity index (χ2v) is 7.39. The molecule has 1 N–H and O–H groups in total. The summed E-state index contributed by atoms with van der Waals surface area (Å²) < 4.78 is 15.5. The van der Waals surface area contributed by atoms with Crippen LogP contribution in [0.5, 0.6) is 5.75 Å². The summed E-state index contributed by atoms with van der Waals surface area (Å²) in [4.78, 5) is 39.2. The number of ether oxygens (including phenoxy) is 2. The summed E-state index contributed by atoms with van der Waals surface area (Å²) in [5, 5.41) is 3.00. The summed E-state index contributed by atoms with van der Waals surface area (Å²) in [6.45, 7) is 2.97. The minimum Gasteiger partial charge on any atom is -0.497 e. The molecule has 2 heterocycles. The van der Waals surface area contributed by atoms with Gasteiger partial charge in [0.1, 0.15) is 5.75 Å². The Labute approximate surface area is 181 Å². The van der Waals surface area contributed by atoms with Gasteiger partial charge in [0.2, 0.25) is 5.91 Å². The quantitative estimate of drug-likeness (QED) is 0.649. The van der Waals surface area contributed by atoms with Crippen LogP contribution in [-0.2, 0) is 14.3 Å². The molecule has 1 aromatic carbocycles. The highest BCUT2D eigenvalue weighted by Gasteiger charge is 2.30. The van der Waals surface area contributed by atoms with Crippen LogP contribution < -0.4 is 10.1 Å². The molecule has 2 aromatic rings. The first-order valence-corrected chi connectivity index (χ1v) is 10.4. The van der Waals surface area contributed by atoms with E-state index in [1.165, 1.54) is 6.26 Å². The number of nitrogens with one attached hydrogen (secondary N) is 1. The predicted molar refractivity (Wildman–Crippen MR) is 112 cm³/mol. The van der Waals surface area contributed by atoms with Crippen LogP contribution in [0, 0.1) is 5.92 Å². The van der Waals surface area contributed by atoms with Gasteiger partial charge in [-0.05, 0) is 49.6 Å². The van der Waals surface area contributed by atoms with Crippen molar-refractivity contribution >= 4 is 17.8 Å². The van der Waals surface area contributed by atoms with Gasteiger partial charge in [0.15, 0.2) is 5.76 Å². The Morgan fingerprint density at radius 2 is 1.97 bits per heavy atom. The highest BCUT2D eigenvalue weighted by atomic mass is 16.5. The predicted octanol–water partition coefficient (Wildman–Crippen LogP) is 2.95. The van der Waals surface area contributed by atoms with Gasteiger partial charge in [0.25, 0.3) is 5.91 Å². The number of carbonyl (C=O) groups is 3. The normalized spacial score (nSPS) is 15.2. The lowest BCUT2D eigenvalue weighted by Gasteiger charge is -2.31. The Kier molecular flexibility index (Phi) is 7.70. The van der Waals surface area contributed by atoms with E-state index in [1.54, 1.807) is 43.2 Å². The van der Waals surface area contributed by atoms with Crippen LogP contribution in [0.25, 0.3) is 0 Å². The van der Waals surface area contributed by atoms with Crippen molar-refractivity contribution in [2.75, 3.05) is 26.8 Å². The van der Waals surface area contributed by atoms with Crippen molar-refractivity contribution in [3.05, 3.63) is 54.0 Å². The second-order valence-electron chi connectivity index (χ2n) is 7.39. The average molecular weight is 428 g/mol. The van der Waals surface area contributed by atoms with Gasteiger partial charge < -0.3 is 24.1 Å². The van der Waals surface area contributed by atoms with E-state index in [0.29, 0.717) is 37.4 Å². The number of likely N-dealkylation sites (tertiary alicyclic amines) is 1. The Bertz CT molecular complexity index is 887.